The van der Waals surface area contributed by atoms with Gasteiger partial charge in [-0.05, 0) is 90.5 Å². The molecule has 0 spiro atoms. The van der Waals surface area contributed by atoms with Crippen LogP contribution in [-0.2, 0) is 9.63 Å². The van der Waals surface area contributed by atoms with Gasteiger partial charge in [0, 0.05) is 25.0 Å². The fourth-order valence-electron chi connectivity index (χ4n) is 6.73. The van der Waals surface area contributed by atoms with E-state index in [2.05, 4.69) is 37.9 Å². The van der Waals surface area contributed by atoms with E-state index in [-0.39, 0.29) is 24.2 Å². The average Bonchev–Trinajstić information content (AvgIpc) is 3.50. The van der Waals surface area contributed by atoms with Gasteiger partial charge < -0.3 is 16.0 Å². The Morgan fingerprint density at radius 3 is 2.53 bits per heavy atom. The summed E-state index contributed by atoms with van der Waals surface area (Å²) in [4.78, 5) is 25.4. The summed E-state index contributed by atoms with van der Waals surface area (Å²) in [5.74, 6) is 0.457. The Bertz CT molecular complexity index is 636. The fourth-order valence-corrected chi connectivity index (χ4v) is 6.73. The van der Waals surface area contributed by atoms with Gasteiger partial charge in [-0.25, -0.2) is 0 Å². The molecule has 5 N–H and O–H groups in total. The summed E-state index contributed by atoms with van der Waals surface area (Å²) in [6.45, 7) is 6.57. The van der Waals surface area contributed by atoms with Gasteiger partial charge in [-0.1, -0.05) is 0 Å². The number of likely N-dealkylation sites (tertiary alicyclic amines) is 3. The molecule has 1 amide bonds. The molecular weight excluding hydrogens is 406 g/mol. The van der Waals surface area contributed by atoms with E-state index in [1.165, 1.54) is 45.3 Å². The number of nitrogens with two attached hydrogens (primary N) is 1. The number of amides is 1. The molecule has 32 heavy (non-hydrogen) atoms. The molecule has 0 bridgehead atoms. The Morgan fingerprint density at radius 2 is 1.78 bits per heavy atom. The molecule has 0 aromatic rings. The number of hydrogen-bond donors (Lipinski definition) is 4. The van der Waals surface area contributed by atoms with Crippen molar-refractivity contribution in [3.8, 4) is 0 Å². The van der Waals surface area contributed by atoms with E-state index in [0.717, 1.165) is 45.3 Å². The topological polar surface area (TPSA) is 98.1 Å². The van der Waals surface area contributed by atoms with Crippen LogP contribution in [0, 0.1) is 11.8 Å². The number of nitrogens with one attached hydrogen (secondary N) is 3. The predicted octanol–water partition coefficient (Wildman–Crippen LogP) is -0.155. The van der Waals surface area contributed by atoms with Crippen LogP contribution in [0.15, 0.2) is 0 Å². The van der Waals surface area contributed by atoms with Crippen molar-refractivity contribution in [3.63, 3.8) is 0 Å². The van der Waals surface area contributed by atoms with Gasteiger partial charge in [0.05, 0.1) is 18.4 Å². The maximum atomic E-state index is 11.5. The van der Waals surface area contributed by atoms with Gasteiger partial charge in [0.2, 0.25) is 5.91 Å². The van der Waals surface area contributed by atoms with Crippen molar-refractivity contribution < 1.29 is 9.63 Å². The first-order valence-corrected chi connectivity index (χ1v) is 13.0. The normalized spacial score (nSPS) is 39.6. The lowest BCUT2D eigenvalue weighted by atomic mass is 9.90. The number of carbonyl (C=O) groups excluding carboxylic acids is 1. The third-order valence-electron chi connectivity index (χ3n) is 8.78. The van der Waals surface area contributed by atoms with E-state index in [0.29, 0.717) is 24.2 Å². The maximum absolute atomic E-state index is 11.5. The van der Waals surface area contributed by atoms with E-state index in [4.69, 9.17) is 10.6 Å². The number of primary amides is 1. The van der Waals surface area contributed by atoms with Crippen LogP contribution >= 0.6 is 0 Å². The van der Waals surface area contributed by atoms with Gasteiger partial charge in [0.15, 0.2) is 0 Å². The number of hydroxylamine groups is 1. The summed E-state index contributed by atoms with van der Waals surface area (Å²) < 4.78 is 0. The lowest BCUT2D eigenvalue weighted by Crippen LogP contribution is -2.57. The first-order chi connectivity index (χ1) is 15.6. The number of rotatable bonds is 5. The second kappa shape index (κ2) is 10.2. The highest BCUT2D eigenvalue weighted by molar-refractivity contribution is 5.76. The van der Waals surface area contributed by atoms with Crippen LogP contribution in [0.5, 0.6) is 0 Å². The molecule has 5 saturated heterocycles. The Balaban J connectivity index is 1.13. The molecule has 5 aliphatic rings. The van der Waals surface area contributed by atoms with Crippen molar-refractivity contribution in [3.05, 3.63) is 0 Å². The Kier molecular flexibility index (Phi) is 7.33. The van der Waals surface area contributed by atoms with Crippen LogP contribution in [0.2, 0.25) is 0 Å². The van der Waals surface area contributed by atoms with Crippen molar-refractivity contribution in [2.45, 2.75) is 82.0 Å². The van der Waals surface area contributed by atoms with E-state index < -0.39 is 0 Å². The van der Waals surface area contributed by atoms with Crippen LogP contribution in [0.3, 0.4) is 0 Å². The van der Waals surface area contributed by atoms with Crippen molar-refractivity contribution in [2.24, 2.45) is 17.6 Å². The second-order valence-corrected chi connectivity index (χ2v) is 10.7. The molecule has 5 atom stereocenters. The first-order valence-electron chi connectivity index (χ1n) is 13.0. The van der Waals surface area contributed by atoms with Gasteiger partial charge in [0.25, 0.3) is 0 Å². The number of hydrogen-bond acceptors (Lipinski definition) is 8. The molecule has 0 saturated carbocycles. The summed E-state index contributed by atoms with van der Waals surface area (Å²) in [6, 6.07) is 1.18. The third-order valence-corrected chi connectivity index (χ3v) is 8.78. The zero-order valence-electron chi connectivity index (χ0n) is 19.7. The van der Waals surface area contributed by atoms with Gasteiger partial charge in [-0.3, -0.25) is 24.7 Å². The highest BCUT2D eigenvalue weighted by atomic mass is 16.7. The minimum absolute atomic E-state index is 0.0527. The van der Waals surface area contributed by atoms with Gasteiger partial charge in [-0.2, -0.15) is 5.48 Å². The lowest BCUT2D eigenvalue weighted by molar-refractivity contribution is -0.123. The Labute approximate surface area is 192 Å². The SMILES string of the molecule is CN1CCC(N2CCCC2C2NC(C3CCNC(N4CCC(C(N)=O)CC4)C3)NO2)CC1. The molecule has 5 aliphatic heterocycles. The molecule has 0 aliphatic carbocycles. The van der Waals surface area contributed by atoms with Gasteiger partial charge >= 0.3 is 0 Å². The Morgan fingerprint density at radius 1 is 1.00 bits per heavy atom. The van der Waals surface area contributed by atoms with Crippen LogP contribution in [-0.4, -0.2) is 97.6 Å². The number of piperidine rings is 3. The molecule has 5 unspecified atom stereocenters. The molecule has 0 aromatic carbocycles. The smallest absolute Gasteiger partial charge is 0.220 e. The van der Waals surface area contributed by atoms with E-state index in [1.54, 1.807) is 0 Å². The van der Waals surface area contributed by atoms with E-state index in [9.17, 15) is 4.79 Å². The Hall–Kier alpha value is -0.810. The quantitative estimate of drug-likeness (QED) is 0.460. The number of nitrogens with zero attached hydrogens (tertiary/aromatic N) is 3. The number of carbonyl (C=O) groups is 1. The second-order valence-electron chi connectivity index (χ2n) is 10.7. The van der Waals surface area contributed by atoms with E-state index in [1.807, 2.05) is 0 Å². The lowest BCUT2D eigenvalue weighted by Gasteiger charge is -2.42. The summed E-state index contributed by atoms with van der Waals surface area (Å²) in [7, 11) is 2.24. The molecule has 9 heteroatoms. The standard InChI is InChI=1S/C23H43N7O2/c1-28-11-7-18(8-12-28)30-10-2-3-19(30)23-26-22(27-32-23)17-4-9-25-20(15-17)29-13-5-16(6-14-29)21(24)31/h16-20,22-23,25-27H,2-15H2,1H3,(H2,24,31). The molecule has 5 heterocycles. The molecule has 0 radical (unpaired) electrons. The summed E-state index contributed by atoms with van der Waals surface area (Å²) in [5, 5.41) is 7.54. The zero-order valence-corrected chi connectivity index (χ0v) is 19.7. The fraction of sp³-hybridized carbons (Fsp3) is 0.957. The molecule has 0 aromatic heterocycles. The molecule has 9 nitrogen and oxygen atoms in total. The van der Waals surface area contributed by atoms with Crippen LogP contribution in [0.25, 0.3) is 0 Å². The predicted molar refractivity (Wildman–Crippen MR) is 123 cm³/mol. The molecule has 5 fully saturated rings. The molecule has 182 valence electrons. The average molecular weight is 450 g/mol. The van der Waals surface area contributed by atoms with Crippen molar-refractivity contribution in [1.82, 2.24) is 30.8 Å². The summed E-state index contributed by atoms with van der Waals surface area (Å²) in [6.07, 6.45) is 9.76. The monoisotopic (exact) mass is 449 g/mol. The highest BCUT2D eigenvalue weighted by Crippen LogP contribution is 2.31. The highest BCUT2D eigenvalue weighted by Gasteiger charge is 2.43. The van der Waals surface area contributed by atoms with Crippen molar-refractivity contribution in [2.75, 3.05) is 46.3 Å². The largest absolute Gasteiger partial charge is 0.369 e. The third kappa shape index (κ3) is 4.99. The maximum Gasteiger partial charge on any atom is 0.220 e. The minimum atomic E-state index is -0.136. The minimum Gasteiger partial charge on any atom is -0.369 e. The van der Waals surface area contributed by atoms with Crippen molar-refractivity contribution in [1.29, 1.82) is 0 Å². The summed E-state index contributed by atoms with van der Waals surface area (Å²) in [5.41, 5.74) is 8.89. The van der Waals surface area contributed by atoms with Crippen molar-refractivity contribution >= 4 is 5.91 Å². The van der Waals surface area contributed by atoms with Crippen LogP contribution in [0.1, 0.15) is 51.4 Å². The van der Waals surface area contributed by atoms with Crippen LogP contribution in [0.4, 0.5) is 0 Å². The molecule has 5 rings (SSSR count). The summed E-state index contributed by atoms with van der Waals surface area (Å²) >= 11 is 0. The van der Waals surface area contributed by atoms with Gasteiger partial charge in [-0.15, -0.1) is 0 Å². The van der Waals surface area contributed by atoms with E-state index >= 15 is 0 Å². The van der Waals surface area contributed by atoms with Gasteiger partial charge in [0.1, 0.15) is 6.23 Å². The first kappa shape index (κ1) is 23.0. The van der Waals surface area contributed by atoms with Crippen LogP contribution < -0.4 is 21.8 Å². The molecular formula is C23H43N7O2. The zero-order chi connectivity index (χ0) is 22.1.